The molecular formula is C20H19N3O2. The molecule has 4 rings (SSSR count). The first kappa shape index (κ1) is 15.6. The predicted octanol–water partition coefficient (Wildman–Crippen LogP) is 3.50. The second-order valence-electron chi connectivity index (χ2n) is 6.30. The quantitative estimate of drug-likeness (QED) is 0.779. The van der Waals surface area contributed by atoms with Gasteiger partial charge in [-0.15, -0.1) is 0 Å². The molecule has 1 atom stereocenters. The zero-order chi connectivity index (χ0) is 17.4. The number of nitrogens with one attached hydrogen (secondary N) is 1. The lowest BCUT2D eigenvalue weighted by Crippen LogP contribution is -2.32. The van der Waals surface area contributed by atoms with E-state index in [1.807, 2.05) is 44.2 Å². The van der Waals surface area contributed by atoms with E-state index in [4.69, 9.17) is 4.74 Å². The lowest BCUT2D eigenvalue weighted by atomic mass is 10.00. The van der Waals surface area contributed by atoms with E-state index >= 15 is 0 Å². The summed E-state index contributed by atoms with van der Waals surface area (Å²) in [5.41, 5.74) is 4.94. The van der Waals surface area contributed by atoms with Crippen LogP contribution in [0.25, 0.3) is 11.0 Å². The van der Waals surface area contributed by atoms with Crippen LogP contribution in [0, 0.1) is 13.8 Å². The first-order chi connectivity index (χ1) is 12.1. The van der Waals surface area contributed by atoms with E-state index < -0.39 is 0 Å². The van der Waals surface area contributed by atoms with Crippen molar-refractivity contribution in [1.29, 1.82) is 0 Å². The van der Waals surface area contributed by atoms with Crippen LogP contribution in [0.3, 0.4) is 0 Å². The molecule has 0 saturated heterocycles. The standard InChI is InChI=1S/C20H19N3O2/c1-12-13(2)22-18-11-14(7-8-17(18)21-12)20(24)23-16-9-10-25-19-6-4-3-5-15(16)19/h3-8,11,16H,9-10H2,1-2H3,(H,23,24)/t16-/m0/s1. The highest BCUT2D eigenvalue weighted by molar-refractivity contribution is 5.97. The molecule has 2 heterocycles. The zero-order valence-corrected chi connectivity index (χ0v) is 14.2. The number of benzene rings is 2. The summed E-state index contributed by atoms with van der Waals surface area (Å²) in [7, 11) is 0. The highest BCUT2D eigenvalue weighted by Crippen LogP contribution is 2.31. The first-order valence-electron chi connectivity index (χ1n) is 8.39. The maximum atomic E-state index is 12.7. The molecule has 1 N–H and O–H groups in total. The molecule has 0 fully saturated rings. The Hall–Kier alpha value is -2.95. The topological polar surface area (TPSA) is 64.1 Å². The van der Waals surface area contributed by atoms with Gasteiger partial charge in [-0.1, -0.05) is 18.2 Å². The molecule has 5 nitrogen and oxygen atoms in total. The van der Waals surface area contributed by atoms with Crippen LogP contribution in [0.15, 0.2) is 42.5 Å². The lowest BCUT2D eigenvalue weighted by molar-refractivity contribution is 0.0925. The number of hydrogen-bond acceptors (Lipinski definition) is 4. The van der Waals surface area contributed by atoms with E-state index in [9.17, 15) is 4.79 Å². The number of ether oxygens (including phenoxy) is 1. The van der Waals surface area contributed by atoms with E-state index in [-0.39, 0.29) is 11.9 Å². The number of hydrogen-bond donors (Lipinski definition) is 1. The Morgan fingerprint density at radius 2 is 1.84 bits per heavy atom. The molecule has 25 heavy (non-hydrogen) atoms. The minimum absolute atomic E-state index is 0.0426. The Morgan fingerprint density at radius 1 is 1.08 bits per heavy atom. The van der Waals surface area contributed by atoms with Crippen molar-refractivity contribution < 1.29 is 9.53 Å². The maximum Gasteiger partial charge on any atom is 0.251 e. The summed E-state index contributed by atoms with van der Waals surface area (Å²) in [6, 6.07) is 13.2. The van der Waals surface area contributed by atoms with Crippen LogP contribution in [0.1, 0.15) is 39.8 Å². The van der Waals surface area contributed by atoms with Crippen molar-refractivity contribution in [1.82, 2.24) is 15.3 Å². The Kier molecular flexibility index (Phi) is 3.84. The Morgan fingerprint density at radius 3 is 2.68 bits per heavy atom. The van der Waals surface area contributed by atoms with Gasteiger partial charge in [-0.05, 0) is 38.1 Å². The van der Waals surface area contributed by atoms with Gasteiger partial charge < -0.3 is 10.1 Å². The van der Waals surface area contributed by atoms with Gasteiger partial charge in [0.1, 0.15) is 5.75 Å². The van der Waals surface area contributed by atoms with E-state index in [1.165, 1.54) is 0 Å². The largest absolute Gasteiger partial charge is 0.493 e. The highest BCUT2D eigenvalue weighted by atomic mass is 16.5. The van der Waals surface area contributed by atoms with Gasteiger partial charge >= 0.3 is 0 Å². The number of aromatic nitrogens is 2. The van der Waals surface area contributed by atoms with Gasteiger partial charge in [0, 0.05) is 17.5 Å². The summed E-state index contributed by atoms with van der Waals surface area (Å²) in [6.45, 7) is 4.46. The van der Waals surface area contributed by atoms with Gasteiger partial charge in [-0.2, -0.15) is 0 Å². The number of nitrogens with zero attached hydrogens (tertiary/aromatic N) is 2. The fourth-order valence-corrected chi connectivity index (χ4v) is 3.11. The molecule has 0 spiro atoms. The lowest BCUT2D eigenvalue weighted by Gasteiger charge is -2.26. The van der Waals surface area contributed by atoms with Gasteiger partial charge in [-0.25, -0.2) is 9.97 Å². The number of carbonyl (C=O) groups excluding carboxylic acids is 1. The van der Waals surface area contributed by atoms with Gasteiger partial charge in [0.2, 0.25) is 0 Å². The average Bonchev–Trinajstić information content (AvgIpc) is 2.62. The maximum absolute atomic E-state index is 12.7. The number of amides is 1. The molecule has 0 bridgehead atoms. The first-order valence-corrected chi connectivity index (χ1v) is 8.39. The molecule has 2 aromatic carbocycles. The third-order valence-corrected chi connectivity index (χ3v) is 4.60. The molecular weight excluding hydrogens is 314 g/mol. The predicted molar refractivity (Wildman–Crippen MR) is 95.8 cm³/mol. The zero-order valence-electron chi connectivity index (χ0n) is 14.2. The molecule has 0 aliphatic carbocycles. The van der Waals surface area contributed by atoms with Crippen LogP contribution >= 0.6 is 0 Å². The Labute approximate surface area is 146 Å². The molecule has 0 unspecified atom stereocenters. The highest BCUT2D eigenvalue weighted by Gasteiger charge is 2.23. The van der Waals surface area contributed by atoms with E-state index in [0.717, 1.165) is 40.2 Å². The normalized spacial score (nSPS) is 16.2. The van der Waals surface area contributed by atoms with Crippen LogP contribution < -0.4 is 10.1 Å². The van der Waals surface area contributed by atoms with Crippen LogP contribution in [-0.2, 0) is 0 Å². The second kappa shape index (κ2) is 6.16. The number of para-hydroxylation sites is 1. The summed E-state index contributed by atoms with van der Waals surface area (Å²) < 4.78 is 5.65. The van der Waals surface area contributed by atoms with Crippen LogP contribution in [0.2, 0.25) is 0 Å². The van der Waals surface area contributed by atoms with Crippen LogP contribution in [0.4, 0.5) is 0 Å². The summed E-state index contributed by atoms with van der Waals surface area (Å²) >= 11 is 0. The van der Waals surface area contributed by atoms with Crippen LogP contribution in [0.5, 0.6) is 5.75 Å². The molecule has 3 aromatic rings. The molecule has 1 aromatic heterocycles. The fraction of sp³-hybridized carbons (Fsp3) is 0.250. The SMILES string of the molecule is Cc1nc2ccc(C(=O)N[C@H]3CCOc4ccccc43)cc2nc1C. The smallest absolute Gasteiger partial charge is 0.251 e. The van der Waals surface area contributed by atoms with Crippen molar-refractivity contribution in [2.75, 3.05) is 6.61 Å². The summed E-state index contributed by atoms with van der Waals surface area (Å²) in [5, 5.41) is 3.11. The van der Waals surface area contributed by atoms with Crippen molar-refractivity contribution in [2.45, 2.75) is 26.3 Å². The average molecular weight is 333 g/mol. The second-order valence-corrected chi connectivity index (χ2v) is 6.30. The number of rotatable bonds is 2. The summed E-state index contributed by atoms with van der Waals surface area (Å²) in [4.78, 5) is 21.8. The van der Waals surface area contributed by atoms with Gasteiger partial charge in [-0.3, -0.25) is 4.79 Å². The minimum Gasteiger partial charge on any atom is -0.493 e. The number of aryl methyl sites for hydroxylation is 2. The summed E-state index contributed by atoms with van der Waals surface area (Å²) in [6.07, 6.45) is 0.758. The Balaban J connectivity index is 1.62. The third kappa shape index (κ3) is 2.93. The molecule has 5 heteroatoms. The number of fused-ring (bicyclic) bond motifs is 2. The molecule has 1 amide bonds. The van der Waals surface area contributed by atoms with Crippen molar-refractivity contribution in [3.05, 3.63) is 65.0 Å². The molecule has 0 radical (unpaired) electrons. The van der Waals surface area contributed by atoms with Crippen molar-refractivity contribution in [3.8, 4) is 5.75 Å². The van der Waals surface area contributed by atoms with E-state index in [1.54, 1.807) is 12.1 Å². The third-order valence-electron chi connectivity index (χ3n) is 4.60. The van der Waals surface area contributed by atoms with Crippen molar-refractivity contribution in [3.63, 3.8) is 0 Å². The minimum atomic E-state index is -0.108. The molecule has 1 aliphatic heterocycles. The fourth-order valence-electron chi connectivity index (χ4n) is 3.11. The molecule has 1 aliphatic rings. The van der Waals surface area contributed by atoms with E-state index in [0.29, 0.717) is 12.2 Å². The number of carbonyl (C=O) groups is 1. The summed E-state index contributed by atoms with van der Waals surface area (Å²) in [5.74, 6) is 0.734. The van der Waals surface area contributed by atoms with Gasteiger partial charge in [0.15, 0.2) is 0 Å². The van der Waals surface area contributed by atoms with Crippen LogP contribution in [-0.4, -0.2) is 22.5 Å². The Bertz CT molecular complexity index is 968. The van der Waals surface area contributed by atoms with Crippen molar-refractivity contribution >= 4 is 16.9 Å². The van der Waals surface area contributed by atoms with Crippen molar-refractivity contribution in [2.24, 2.45) is 0 Å². The monoisotopic (exact) mass is 333 g/mol. The molecule has 0 saturated carbocycles. The van der Waals surface area contributed by atoms with Gasteiger partial charge in [0.25, 0.3) is 5.91 Å². The van der Waals surface area contributed by atoms with E-state index in [2.05, 4.69) is 15.3 Å². The van der Waals surface area contributed by atoms with Gasteiger partial charge in [0.05, 0.1) is 35.1 Å². The molecule has 126 valence electrons.